The number of nitrogens with one attached hydrogen (secondary N) is 1. The van der Waals surface area contributed by atoms with E-state index in [1.165, 1.54) is 48.4 Å². The summed E-state index contributed by atoms with van der Waals surface area (Å²) in [5.74, 6) is 0. The highest BCUT2D eigenvalue weighted by Crippen LogP contribution is 2.25. The molecule has 1 fully saturated rings. The van der Waals surface area contributed by atoms with Crippen molar-refractivity contribution in [2.24, 2.45) is 0 Å². The molecule has 1 saturated heterocycles. The maximum atomic E-state index is 3.57. The second kappa shape index (κ2) is 6.66. The molecule has 2 nitrogen and oxygen atoms in total. The average Bonchev–Trinajstić information content (AvgIpc) is 3.08. The van der Waals surface area contributed by atoms with Crippen LogP contribution in [0.2, 0.25) is 0 Å². The van der Waals surface area contributed by atoms with E-state index in [1.807, 2.05) is 0 Å². The molecule has 0 bridgehead atoms. The molecule has 0 spiro atoms. The van der Waals surface area contributed by atoms with Gasteiger partial charge in [-0.2, -0.15) is 0 Å². The van der Waals surface area contributed by atoms with Gasteiger partial charge in [0.05, 0.1) is 0 Å². The number of anilines is 2. The first-order valence-corrected chi connectivity index (χ1v) is 8.02. The van der Waals surface area contributed by atoms with Gasteiger partial charge in [0.25, 0.3) is 0 Å². The Balaban J connectivity index is 1.72. The zero-order valence-corrected chi connectivity index (χ0v) is 12.8. The standard InChI is InChI=1S/C19H24N2/c1-2-16-8-7-10-18(14-16)20-15-17-9-3-4-11-19(17)21-12-5-6-13-21/h3-4,7-11,14,20H,2,5-6,12-13,15H2,1H3. The lowest BCUT2D eigenvalue weighted by atomic mass is 10.1. The molecule has 1 aliphatic heterocycles. The number of nitrogens with zero attached hydrogens (tertiary/aromatic N) is 1. The molecular formula is C19H24N2. The second-order valence-electron chi connectivity index (χ2n) is 5.73. The minimum Gasteiger partial charge on any atom is -0.381 e. The lowest BCUT2D eigenvalue weighted by Crippen LogP contribution is -2.19. The van der Waals surface area contributed by atoms with Gasteiger partial charge in [-0.05, 0) is 48.6 Å². The van der Waals surface area contributed by atoms with E-state index >= 15 is 0 Å². The Labute approximate surface area is 127 Å². The van der Waals surface area contributed by atoms with Gasteiger partial charge in [0, 0.05) is 31.0 Å². The van der Waals surface area contributed by atoms with Crippen molar-refractivity contribution in [2.45, 2.75) is 32.7 Å². The lowest BCUT2D eigenvalue weighted by molar-refractivity contribution is 0.949. The molecule has 1 aliphatic rings. The van der Waals surface area contributed by atoms with Gasteiger partial charge in [0.2, 0.25) is 0 Å². The summed E-state index contributed by atoms with van der Waals surface area (Å²) >= 11 is 0. The third-order valence-corrected chi connectivity index (χ3v) is 4.26. The molecule has 0 unspecified atom stereocenters. The molecule has 2 aromatic carbocycles. The first-order valence-electron chi connectivity index (χ1n) is 8.02. The van der Waals surface area contributed by atoms with Crippen molar-refractivity contribution in [2.75, 3.05) is 23.3 Å². The van der Waals surface area contributed by atoms with E-state index in [9.17, 15) is 0 Å². The second-order valence-corrected chi connectivity index (χ2v) is 5.73. The Hall–Kier alpha value is -1.96. The summed E-state index contributed by atoms with van der Waals surface area (Å²) in [6.45, 7) is 5.48. The molecule has 0 radical (unpaired) electrons. The number of rotatable bonds is 5. The van der Waals surface area contributed by atoms with Gasteiger partial charge < -0.3 is 10.2 Å². The van der Waals surface area contributed by atoms with Crippen LogP contribution in [0.5, 0.6) is 0 Å². The van der Waals surface area contributed by atoms with Gasteiger partial charge in [-0.3, -0.25) is 0 Å². The van der Waals surface area contributed by atoms with E-state index in [1.54, 1.807) is 0 Å². The smallest absolute Gasteiger partial charge is 0.0421 e. The maximum absolute atomic E-state index is 3.57. The van der Waals surface area contributed by atoms with Gasteiger partial charge in [-0.1, -0.05) is 37.3 Å². The topological polar surface area (TPSA) is 15.3 Å². The fourth-order valence-electron chi connectivity index (χ4n) is 3.03. The molecule has 0 aliphatic carbocycles. The van der Waals surface area contributed by atoms with Crippen LogP contribution in [0.3, 0.4) is 0 Å². The zero-order valence-electron chi connectivity index (χ0n) is 12.8. The van der Waals surface area contributed by atoms with Crippen LogP contribution in [-0.2, 0) is 13.0 Å². The first-order chi connectivity index (χ1) is 10.4. The minimum atomic E-state index is 0.889. The molecule has 0 aromatic heterocycles. The molecule has 1 heterocycles. The molecule has 0 atom stereocenters. The van der Waals surface area contributed by atoms with Crippen molar-refractivity contribution in [1.29, 1.82) is 0 Å². The highest BCUT2D eigenvalue weighted by atomic mass is 15.1. The summed E-state index contributed by atoms with van der Waals surface area (Å²) in [5, 5.41) is 3.57. The van der Waals surface area contributed by atoms with Crippen molar-refractivity contribution in [3.8, 4) is 0 Å². The molecule has 110 valence electrons. The van der Waals surface area contributed by atoms with E-state index in [0.29, 0.717) is 0 Å². The predicted molar refractivity (Wildman–Crippen MR) is 91.0 cm³/mol. The van der Waals surface area contributed by atoms with Crippen LogP contribution in [-0.4, -0.2) is 13.1 Å². The van der Waals surface area contributed by atoms with Crippen LogP contribution in [0.25, 0.3) is 0 Å². The minimum absolute atomic E-state index is 0.889. The summed E-state index contributed by atoms with van der Waals surface area (Å²) in [6.07, 6.45) is 3.72. The molecule has 3 rings (SSSR count). The van der Waals surface area contributed by atoms with Crippen LogP contribution < -0.4 is 10.2 Å². The number of hydrogen-bond acceptors (Lipinski definition) is 2. The zero-order chi connectivity index (χ0) is 14.5. The Bertz CT molecular complexity index is 586. The number of benzene rings is 2. The highest BCUT2D eigenvalue weighted by molar-refractivity contribution is 5.56. The fourth-order valence-corrected chi connectivity index (χ4v) is 3.03. The van der Waals surface area contributed by atoms with Crippen LogP contribution in [0.1, 0.15) is 30.9 Å². The molecule has 21 heavy (non-hydrogen) atoms. The molecular weight excluding hydrogens is 256 g/mol. The first kappa shape index (κ1) is 14.0. The van der Waals surface area contributed by atoms with Crippen molar-refractivity contribution >= 4 is 11.4 Å². The average molecular weight is 280 g/mol. The van der Waals surface area contributed by atoms with Gasteiger partial charge >= 0.3 is 0 Å². The SMILES string of the molecule is CCc1cccc(NCc2ccccc2N2CCCC2)c1. The number of aryl methyl sites for hydroxylation is 1. The maximum Gasteiger partial charge on any atom is 0.0421 e. The molecule has 2 aromatic rings. The van der Waals surface area contributed by atoms with Crippen molar-refractivity contribution in [3.63, 3.8) is 0 Å². The van der Waals surface area contributed by atoms with Crippen LogP contribution in [0.15, 0.2) is 48.5 Å². The van der Waals surface area contributed by atoms with Crippen LogP contribution in [0, 0.1) is 0 Å². The number of hydrogen-bond donors (Lipinski definition) is 1. The Morgan fingerprint density at radius 1 is 1.00 bits per heavy atom. The van der Waals surface area contributed by atoms with Crippen molar-refractivity contribution in [1.82, 2.24) is 0 Å². The summed E-state index contributed by atoms with van der Waals surface area (Å²) in [4.78, 5) is 2.51. The van der Waals surface area contributed by atoms with Gasteiger partial charge in [0.1, 0.15) is 0 Å². The summed E-state index contributed by atoms with van der Waals surface area (Å²) in [6, 6.07) is 17.5. The number of para-hydroxylation sites is 1. The van der Waals surface area contributed by atoms with E-state index in [2.05, 4.69) is 65.7 Å². The molecule has 0 saturated carbocycles. The van der Waals surface area contributed by atoms with E-state index in [0.717, 1.165) is 13.0 Å². The molecule has 0 amide bonds. The fraction of sp³-hybridized carbons (Fsp3) is 0.368. The summed E-state index contributed by atoms with van der Waals surface area (Å²) in [7, 11) is 0. The van der Waals surface area contributed by atoms with Gasteiger partial charge in [-0.25, -0.2) is 0 Å². The highest BCUT2D eigenvalue weighted by Gasteiger charge is 2.14. The Kier molecular flexibility index (Phi) is 4.44. The van der Waals surface area contributed by atoms with E-state index in [4.69, 9.17) is 0 Å². The van der Waals surface area contributed by atoms with Gasteiger partial charge in [0.15, 0.2) is 0 Å². The summed E-state index contributed by atoms with van der Waals surface area (Å²) in [5.41, 5.74) is 5.38. The van der Waals surface area contributed by atoms with Crippen LogP contribution in [0.4, 0.5) is 11.4 Å². The molecule has 1 N–H and O–H groups in total. The largest absolute Gasteiger partial charge is 0.381 e. The third kappa shape index (κ3) is 3.38. The van der Waals surface area contributed by atoms with Crippen molar-refractivity contribution in [3.05, 3.63) is 59.7 Å². The Morgan fingerprint density at radius 2 is 1.81 bits per heavy atom. The predicted octanol–water partition coefficient (Wildman–Crippen LogP) is 4.46. The third-order valence-electron chi connectivity index (χ3n) is 4.26. The summed E-state index contributed by atoms with van der Waals surface area (Å²) < 4.78 is 0. The van der Waals surface area contributed by atoms with Crippen molar-refractivity contribution < 1.29 is 0 Å². The van der Waals surface area contributed by atoms with Gasteiger partial charge in [-0.15, -0.1) is 0 Å². The Morgan fingerprint density at radius 3 is 2.62 bits per heavy atom. The monoisotopic (exact) mass is 280 g/mol. The van der Waals surface area contributed by atoms with Crippen LogP contribution >= 0.6 is 0 Å². The normalized spacial score (nSPS) is 14.4. The molecule has 2 heteroatoms. The van der Waals surface area contributed by atoms with E-state index < -0.39 is 0 Å². The van der Waals surface area contributed by atoms with E-state index in [-0.39, 0.29) is 0 Å². The lowest BCUT2D eigenvalue weighted by Gasteiger charge is -2.21. The quantitative estimate of drug-likeness (QED) is 0.869.